The number of hydrogen-bond acceptors (Lipinski definition) is 4. The molecule has 3 rings (SSSR count). The van der Waals surface area contributed by atoms with Gasteiger partial charge in [-0.25, -0.2) is 9.97 Å². The molecule has 2 aromatic rings. The Labute approximate surface area is 119 Å². The van der Waals surface area contributed by atoms with Crippen molar-refractivity contribution in [2.45, 2.75) is 44.9 Å². The fraction of sp³-hybridized carbons (Fsp3) is 0.500. The summed E-state index contributed by atoms with van der Waals surface area (Å²) in [6.07, 6.45) is 5.97. The van der Waals surface area contributed by atoms with Crippen LogP contribution in [0.1, 0.15) is 50.0 Å². The van der Waals surface area contributed by atoms with E-state index in [0.29, 0.717) is 11.7 Å². The molecule has 0 aromatic carbocycles. The Morgan fingerprint density at radius 1 is 1.25 bits per heavy atom. The molecule has 20 heavy (non-hydrogen) atoms. The first-order chi connectivity index (χ1) is 9.80. The van der Waals surface area contributed by atoms with Crippen molar-refractivity contribution < 1.29 is 4.42 Å². The third kappa shape index (κ3) is 2.55. The number of furan rings is 1. The average Bonchev–Trinajstić information content (AvgIpc) is 3.17. The lowest BCUT2D eigenvalue weighted by Gasteiger charge is -2.11. The fourth-order valence-corrected chi connectivity index (χ4v) is 2.82. The van der Waals surface area contributed by atoms with E-state index in [-0.39, 0.29) is 0 Å². The Morgan fingerprint density at radius 3 is 2.70 bits per heavy atom. The van der Waals surface area contributed by atoms with Gasteiger partial charge in [-0.1, -0.05) is 19.8 Å². The van der Waals surface area contributed by atoms with Gasteiger partial charge >= 0.3 is 0 Å². The van der Waals surface area contributed by atoms with E-state index in [2.05, 4.69) is 23.3 Å². The van der Waals surface area contributed by atoms with Crippen LogP contribution in [-0.4, -0.2) is 17.0 Å². The zero-order valence-electron chi connectivity index (χ0n) is 12.1. The monoisotopic (exact) mass is 271 g/mol. The third-order valence-corrected chi connectivity index (χ3v) is 4.01. The molecule has 1 saturated carbocycles. The highest BCUT2D eigenvalue weighted by Gasteiger charge is 2.20. The normalized spacial score (nSPS) is 15.7. The van der Waals surface area contributed by atoms with Crippen LogP contribution in [0.4, 0.5) is 5.82 Å². The molecule has 0 atom stereocenters. The summed E-state index contributed by atoms with van der Waals surface area (Å²) in [5.41, 5.74) is 1.14. The second-order valence-electron chi connectivity index (χ2n) is 5.35. The molecular formula is C16H21N3O. The van der Waals surface area contributed by atoms with Gasteiger partial charge in [0, 0.05) is 31.1 Å². The molecule has 1 fully saturated rings. The first kappa shape index (κ1) is 13.2. The van der Waals surface area contributed by atoms with E-state index in [4.69, 9.17) is 9.40 Å². The van der Waals surface area contributed by atoms with Crippen LogP contribution in [0.15, 0.2) is 22.6 Å². The second-order valence-corrected chi connectivity index (χ2v) is 5.35. The Bertz CT molecular complexity index is 585. The minimum atomic E-state index is 0.574. The van der Waals surface area contributed by atoms with E-state index in [9.17, 15) is 0 Å². The molecule has 1 aliphatic rings. The lowest BCUT2D eigenvalue weighted by molar-refractivity contribution is 0.525. The molecule has 106 valence electrons. The number of nitrogens with zero attached hydrogens (tertiary/aromatic N) is 2. The molecular weight excluding hydrogens is 250 g/mol. The molecule has 0 aliphatic heterocycles. The summed E-state index contributed by atoms with van der Waals surface area (Å²) in [4.78, 5) is 9.26. The highest BCUT2D eigenvalue weighted by Crippen LogP contribution is 2.34. The fourth-order valence-electron chi connectivity index (χ4n) is 2.82. The maximum absolute atomic E-state index is 5.78. The van der Waals surface area contributed by atoms with Gasteiger partial charge < -0.3 is 9.73 Å². The summed E-state index contributed by atoms with van der Waals surface area (Å²) >= 11 is 0. The van der Waals surface area contributed by atoms with Crippen LogP contribution < -0.4 is 5.32 Å². The summed E-state index contributed by atoms with van der Waals surface area (Å²) < 4.78 is 5.78. The van der Waals surface area contributed by atoms with Crippen LogP contribution in [0.25, 0.3) is 11.6 Å². The van der Waals surface area contributed by atoms with Gasteiger partial charge in [-0.2, -0.15) is 0 Å². The van der Waals surface area contributed by atoms with Gasteiger partial charge in [0.1, 0.15) is 11.6 Å². The van der Waals surface area contributed by atoms with Crippen molar-refractivity contribution in [3.05, 3.63) is 29.7 Å². The van der Waals surface area contributed by atoms with E-state index in [0.717, 1.165) is 29.5 Å². The Balaban J connectivity index is 1.98. The molecule has 0 spiro atoms. The van der Waals surface area contributed by atoms with Crippen LogP contribution in [0.2, 0.25) is 0 Å². The van der Waals surface area contributed by atoms with Crippen molar-refractivity contribution in [1.82, 2.24) is 9.97 Å². The van der Waals surface area contributed by atoms with Crippen LogP contribution in [0.5, 0.6) is 0 Å². The molecule has 0 saturated heterocycles. The quantitative estimate of drug-likeness (QED) is 0.913. The number of hydrogen-bond donors (Lipinski definition) is 1. The summed E-state index contributed by atoms with van der Waals surface area (Å²) in [6, 6.07) is 6.04. The molecule has 4 nitrogen and oxygen atoms in total. The van der Waals surface area contributed by atoms with Gasteiger partial charge in [-0.3, -0.25) is 0 Å². The van der Waals surface area contributed by atoms with Gasteiger partial charge in [-0.15, -0.1) is 0 Å². The van der Waals surface area contributed by atoms with Crippen molar-refractivity contribution in [2.24, 2.45) is 0 Å². The van der Waals surface area contributed by atoms with Crippen molar-refractivity contribution >= 4 is 5.82 Å². The van der Waals surface area contributed by atoms with E-state index in [1.807, 2.05) is 19.2 Å². The van der Waals surface area contributed by atoms with E-state index < -0.39 is 0 Å². The first-order valence-electron chi connectivity index (χ1n) is 7.46. The third-order valence-electron chi connectivity index (χ3n) is 4.01. The summed E-state index contributed by atoms with van der Waals surface area (Å²) in [7, 11) is 1.89. The van der Waals surface area contributed by atoms with Gasteiger partial charge in [-0.05, 0) is 25.0 Å². The SMILES string of the molecule is CCc1ccc(-c2nc(NC)cc(C3CCCC3)n2)o1. The molecule has 4 heteroatoms. The molecule has 1 aliphatic carbocycles. The van der Waals surface area contributed by atoms with Gasteiger partial charge in [0.2, 0.25) is 0 Å². The molecule has 2 heterocycles. The predicted molar refractivity (Wildman–Crippen MR) is 79.9 cm³/mol. The average molecular weight is 271 g/mol. The van der Waals surface area contributed by atoms with Gasteiger partial charge in [0.15, 0.2) is 11.6 Å². The second kappa shape index (κ2) is 5.65. The van der Waals surface area contributed by atoms with E-state index in [1.54, 1.807) is 0 Å². The first-order valence-corrected chi connectivity index (χ1v) is 7.46. The van der Waals surface area contributed by atoms with Crippen LogP contribution in [0.3, 0.4) is 0 Å². The predicted octanol–water partition coefficient (Wildman–Crippen LogP) is 4.00. The highest BCUT2D eigenvalue weighted by molar-refractivity contribution is 5.52. The number of rotatable bonds is 4. The van der Waals surface area contributed by atoms with E-state index >= 15 is 0 Å². The summed E-state index contributed by atoms with van der Waals surface area (Å²) in [5.74, 6) is 3.87. The minimum absolute atomic E-state index is 0.574. The maximum atomic E-state index is 5.78. The molecule has 2 aromatic heterocycles. The van der Waals surface area contributed by atoms with Crippen molar-refractivity contribution in [3.8, 4) is 11.6 Å². The number of aromatic nitrogens is 2. The van der Waals surface area contributed by atoms with Crippen molar-refractivity contribution in [3.63, 3.8) is 0 Å². The Morgan fingerprint density at radius 2 is 2.05 bits per heavy atom. The Hall–Kier alpha value is -1.84. The lowest BCUT2D eigenvalue weighted by Crippen LogP contribution is -2.03. The number of nitrogens with one attached hydrogen (secondary N) is 1. The van der Waals surface area contributed by atoms with Crippen molar-refractivity contribution in [2.75, 3.05) is 12.4 Å². The molecule has 0 radical (unpaired) electrons. The summed E-state index contributed by atoms with van der Waals surface area (Å²) in [5, 5.41) is 3.13. The minimum Gasteiger partial charge on any atom is -0.458 e. The van der Waals surface area contributed by atoms with Crippen molar-refractivity contribution in [1.29, 1.82) is 0 Å². The van der Waals surface area contributed by atoms with E-state index in [1.165, 1.54) is 25.7 Å². The topological polar surface area (TPSA) is 51.0 Å². The molecule has 0 bridgehead atoms. The van der Waals surface area contributed by atoms with Gasteiger partial charge in [0.25, 0.3) is 0 Å². The van der Waals surface area contributed by atoms with Crippen LogP contribution >= 0.6 is 0 Å². The zero-order chi connectivity index (χ0) is 13.9. The number of aryl methyl sites for hydroxylation is 1. The largest absolute Gasteiger partial charge is 0.458 e. The maximum Gasteiger partial charge on any atom is 0.197 e. The molecule has 0 unspecified atom stereocenters. The molecule has 0 amide bonds. The standard InChI is InChI=1S/C16H21N3O/c1-3-12-8-9-14(20-12)16-18-13(10-15(17-2)19-16)11-6-4-5-7-11/h8-11H,3-7H2,1-2H3,(H,17,18,19). The lowest BCUT2D eigenvalue weighted by atomic mass is 10.0. The molecule has 1 N–H and O–H groups in total. The van der Waals surface area contributed by atoms with Gasteiger partial charge in [0.05, 0.1) is 0 Å². The zero-order valence-corrected chi connectivity index (χ0v) is 12.1. The van der Waals surface area contributed by atoms with Crippen LogP contribution in [-0.2, 0) is 6.42 Å². The smallest absolute Gasteiger partial charge is 0.197 e. The summed E-state index contributed by atoms with van der Waals surface area (Å²) in [6.45, 7) is 2.08. The Kier molecular flexibility index (Phi) is 3.72. The number of anilines is 1. The van der Waals surface area contributed by atoms with Crippen LogP contribution in [0, 0.1) is 0 Å². The highest BCUT2D eigenvalue weighted by atomic mass is 16.3.